The van der Waals surface area contributed by atoms with Crippen LogP contribution in [-0.2, 0) is 4.74 Å². The molecule has 2 saturated heterocycles. The zero-order valence-corrected chi connectivity index (χ0v) is 18.1. The van der Waals surface area contributed by atoms with Gasteiger partial charge in [0.2, 0.25) is 0 Å². The van der Waals surface area contributed by atoms with Gasteiger partial charge in [-0.3, -0.25) is 4.79 Å². The maximum absolute atomic E-state index is 12.9. The molecule has 3 heterocycles. The van der Waals surface area contributed by atoms with E-state index in [1.807, 2.05) is 29.2 Å². The number of phenolic OH excluding ortho intramolecular Hbond substituents is 2. The summed E-state index contributed by atoms with van der Waals surface area (Å²) in [7, 11) is 2.13. The van der Waals surface area contributed by atoms with Gasteiger partial charge in [-0.2, -0.15) is 0 Å². The molecule has 0 amide bonds. The van der Waals surface area contributed by atoms with E-state index in [0.717, 1.165) is 37.4 Å². The molecule has 3 aromatic rings. The van der Waals surface area contributed by atoms with Gasteiger partial charge in [0.25, 0.3) is 0 Å². The van der Waals surface area contributed by atoms with E-state index in [1.54, 1.807) is 0 Å². The third-order valence-electron chi connectivity index (χ3n) is 6.28. The molecule has 0 radical (unpaired) electrons. The number of hydrogen-bond acceptors (Lipinski definition) is 8. The molecule has 2 fully saturated rings. The van der Waals surface area contributed by atoms with Crippen molar-refractivity contribution in [1.82, 2.24) is 4.90 Å². The number of aromatic hydroxyl groups is 2. The lowest BCUT2D eigenvalue weighted by atomic mass is 10.1. The number of hydrogen-bond donors (Lipinski definition) is 2. The van der Waals surface area contributed by atoms with E-state index < -0.39 is 0 Å². The minimum Gasteiger partial charge on any atom is -0.507 e. The smallest absolute Gasteiger partial charge is 0.197 e. The fraction of sp³-hybridized carbons (Fsp3) is 0.375. The van der Waals surface area contributed by atoms with Crippen molar-refractivity contribution < 1.29 is 19.4 Å². The summed E-state index contributed by atoms with van der Waals surface area (Å²) in [4.78, 5) is 19.5. The lowest BCUT2D eigenvalue weighted by molar-refractivity contribution is 0.122. The van der Waals surface area contributed by atoms with E-state index >= 15 is 0 Å². The summed E-state index contributed by atoms with van der Waals surface area (Å²) < 4.78 is 11.6. The molecule has 0 unspecified atom stereocenters. The molecule has 2 aliphatic heterocycles. The zero-order chi connectivity index (χ0) is 22.2. The van der Waals surface area contributed by atoms with Gasteiger partial charge in [0, 0.05) is 62.7 Å². The first-order valence-corrected chi connectivity index (χ1v) is 10.9. The first kappa shape index (κ1) is 20.7. The Morgan fingerprint density at radius 2 is 1.53 bits per heavy atom. The summed E-state index contributed by atoms with van der Waals surface area (Å²) in [5.74, 6) is -0.0187. The first-order valence-electron chi connectivity index (χ1n) is 10.9. The van der Waals surface area contributed by atoms with Crippen LogP contribution in [0.3, 0.4) is 0 Å². The Morgan fingerprint density at radius 3 is 2.22 bits per heavy atom. The predicted molar refractivity (Wildman–Crippen MR) is 124 cm³/mol. The van der Waals surface area contributed by atoms with Gasteiger partial charge in [-0.1, -0.05) is 0 Å². The lowest BCUT2D eigenvalue weighted by Crippen LogP contribution is -2.44. The summed E-state index contributed by atoms with van der Waals surface area (Å²) in [5.41, 5.74) is 2.15. The van der Waals surface area contributed by atoms with E-state index in [2.05, 4.69) is 16.8 Å². The van der Waals surface area contributed by atoms with Crippen LogP contribution in [0.1, 0.15) is 0 Å². The number of likely N-dealkylation sites (N-methyl/N-ethyl adjacent to an activating group) is 1. The molecule has 0 spiro atoms. The van der Waals surface area contributed by atoms with Crippen LogP contribution in [0.15, 0.2) is 45.6 Å². The van der Waals surface area contributed by atoms with Crippen LogP contribution in [0.2, 0.25) is 0 Å². The number of nitrogens with zero attached hydrogens (tertiary/aromatic N) is 3. The minimum absolute atomic E-state index is 0.0714. The van der Waals surface area contributed by atoms with Gasteiger partial charge in [0.1, 0.15) is 28.3 Å². The van der Waals surface area contributed by atoms with Gasteiger partial charge in [-0.15, -0.1) is 0 Å². The Hall–Kier alpha value is -3.23. The van der Waals surface area contributed by atoms with Gasteiger partial charge in [-0.05, 0) is 31.3 Å². The number of benzene rings is 2. The summed E-state index contributed by atoms with van der Waals surface area (Å²) in [6.07, 6.45) is 0. The molecule has 5 rings (SSSR count). The third kappa shape index (κ3) is 3.76. The second-order valence-electron chi connectivity index (χ2n) is 8.38. The van der Waals surface area contributed by atoms with Gasteiger partial charge in [-0.25, -0.2) is 0 Å². The maximum atomic E-state index is 12.9. The molecule has 2 aliphatic rings. The van der Waals surface area contributed by atoms with Crippen molar-refractivity contribution in [3.63, 3.8) is 0 Å². The molecule has 1 aromatic heterocycles. The monoisotopic (exact) mass is 437 g/mol. The highest BCUT2D eigenvalue weighted by atomic mass is 16.5. The average molecular weight is 437 g/mol. The molecule has 2 N–H and O–H groups in total. The quantitative estimate of drug-likeness (QED) is 0.646. The summed E-state index contributed by atoms with van der Waals surface area (Å²) in [6.45, 7) is 6.14. The van der Waals surface area contributed by atoms with Gasteiger partial charge in [0.05, 0.1) is 13.2 Å². The van der Waals surface area contributed by atoms with Gasteiger partial charge >= 0.3 is 0 Å². The first-order chi connectivity index (χ1) is 15.5. The summed E-state index contributed by atoms with van der Waals surface area (Å²) in [6, 6.07) is 10.5. The highest BCUT2D eigenvalue weighted by Gasteiger charge is 2.24. The van der Waals surface area contributed by atoms with Crippen LogP contribution < -0.4 is 15.2 Å². The summed E-state index contributed by atoms with van der Waals surface area (Å²) >= 11 is 0. The Morgan fingerprint density at radius 1 is 0.844 bits per heavy atom. The Kier molecular flexibility index (Phi) is 5.40. The highest BCUT2D eigenvalue weighted by molar-refractivity contribution is 5.97. The Balaban J connectivity index is 1.55. The molecule has 8 nitrogen and oxygen atoms in total. The van der Waals surface area contributed by atoms with Crippen molar-refractivity contribution in [1.29, 1.82) is 0 Å². The van der Waals surface area contributed by atoms with Gasteiger partial charge < -0.3 is 34.1 Å². The Bertz CT molecular complexity index is 1180. The number of ether oxygens (including phenoxy) is 1. The average Bonchev–Trinajstić information content (AvgIpc) is 2.80. The molecule has 2 aromatic carbocycles. The number of morpholine rings is 1. The normalized spacial score (nSPS) is 17.8. The van der Waals surface area contributed by atoms with Crippen molar-refractivity contribution in [2.75, 3.05) is 69.3 Å². The standard InChI is InChI=1S/C24H27N3O5/c1-25-6-8-26(9-7-25)17-4-2-16(3-5-17)21-15-19(29)22-18(28)14-20(30)23(24(22)32-21)27-10-12-31-13-11-27/h2-5,14-15,28,30H,6-13H2,1H3. The molecule has 0 saturated carbocycles. The van der Waals surface area contributed by atoms with Gasteiger partial charge in [0.15, 0.2) is 11.0 Å². The molecule has 0 bridgehead atoms. The maximum Gasteiger partial charge on any atom is 0.197 e. The van der Waals surface area contributed by atoms with Crippen LogP contribution in [0.25, 0.3) is 22.3 Å². The van der Waals surface area contributed by atoms with E-state index in [0.29, 0.717) is 37.8 Å². The number of piperazine rings is 1. The number of fused-ring (bicyclic) bond motifs is 1. The van der Waals surface area contributed by atoms with Crippen molar-refractivity contribution in [3.8, 4) is 22.8 Å². The third-order valence-corrected chi connectivity index (χ3v) is 6.28. The van der Waals surface area contributed by atoms with Crippen LogP contribution in [-0.4, -0.2) is 74.6 Å². The highest BCUT2D eigenvalue weighted by Crippen LogP contribution is 2.41. The fourth-order valence-corrected chi connectivity index (χ4v) is 4.43. The Labute approximate surface area is 185 Å². The second kappa shape index (κ2) is 8.37. The number of rotatable bonds is 3. The molecule has 168 valence electrons. The van der Waals surface area contributed by atoms with E-state index in [1.165, 1.54) is 12.1 Å². The predicted octanol–water partition coefficient (Wildman–Crippen LogP) is 2.46. The lowest BCUT2D eigenvalue weighted by Gasteiger charge is -2.34. The van der Waals surface area contributed by atoms with E-state index in [-0.39, 0.29) is 27.9 Å². The van der Waals surface area contributed by atoms with E-state index in [9.17, 15) is 15.0 Å². The molecular formula is C24H27N3O5. The largest absolute Gasteiger partial charge is 0.507 e. The van der Waals surface area contributed by atoms with Crippen molar-refractivity contribution >= 4 is 22.3 Å². The number of anilines is 2. The molecule has 32 heavy (non-hydrogen) atoms. The molecule has 0 atom stereocenters. The van der Waals surface area contributed by atoms with Crippen molar-refractivity contribution in [2.24, 2.45) is 0 Å². The fourth-order valence-electron chi connectivity index (χ4n) is 4.43. The van der Waals surface area contributed by atoms with E-state index in [4.69, 9.17) is 9.15 Å². The van der Waals surface area contributed by atoms with Crippen LogP contribution in [0.5, 0.6) is 11.5 Å². The van der Waals surface area contributed by atoms with Crippen molar-refractivity contribution in [2.45, 2.75) is 0 Å². The van der Waals surface area contributed by atoms with Crippen LogP contribution in [0, 0.1) is 0 Å². The SMILES string of the molecule is CN1CCN(c2ccc(-c3cc(=O)c4c(O)cc(O)c(N5CCOCC5)c4o3)cc2)CC1. The van der Waals surface area contributed by atoms with Crippen molar-refractivity contribution in [3.05, 3.63) is 46.6 Å². The minimum atomic E-state index is -0.351. The molecule has 8 heteroatoms. The molecular weight excluding hydrogens is 410 g/mol. The van der Waals surface area contributed by atoms with Crippen LogP contribution >= 0.6 is 0 Å². The second-order valence-corrected chi connectivity index (χ2v) is 8.38. The topological polar surface area (TPSA) is 89.6 Å². The number of phenols is 2. The molecule has 0 aliphatic carbocycles. The van der Waals surface area contributed by atoms with Crippen LogP contribution in [0.4, 0.5) is 11.4 Å². The zero-order valence-electron chi connectivity index (χ0n) is 18.1. The summed E-state index contributed by atoms with van der Waals surface area (Å²) in [5, 5.41) is 21.0.